The van der Waals surface area contributed by atoms with E-state index in [1.165, 1.54) is 33.3 Å². The minimum absolute atomic E-state index is 0.0466. The van der Waals surface area contributed by atoms with Crippen molar-refractivity contribution < 1.29 is 0 Å². The molecule has 2 aromatic carbocycles. The van der Waals surface area contributed by atoms with Crippen LogP contribution >= 0.6 is 0 Å². The highest BCUT2D eigenvalue weighted by Gasteiger charge is 2.33. The number of hydrogen-bond donors (Lipinski definition) is 2. The fourth-order valence-corrected chi connectivity index (χ4v) is 4.86. The predicted molar refractivity (Wildman–Crippen MR) is 123 cm³/mol. The second kappa shape index (κ2) is 6.94. The van der Waals surface area contributed by atoms with Gasteiger partial charge in [-0.3, -0.25) is 5.10 Å². The van der Waals surface area contributed by atoms with Crippen LogP contribution < -0.4 is 4.90 Å². The first-order chi connectivity index (χ1) is 15.2. The van der Waals surface area contributed by atoms with E-state index in [1.54, 1.807) is 6.33 Å². The molecule has 154 valence electrons. The first kappa shape index (κ1) is 18.1. The van der Waals surface area contributed by atoms with Crippen LogP contribution in [0.15, 0.2) is 61.1 Å². The van der Waals surface area contributed by atoms with Crippen molar-refractivity contribution >= 4 is 27.8 Å². The van der Waals surface area contributed by atoms with E-state index in [0.717, 1.165) is 29.8 Å². The Bertz CT molecular complexity index is 1380. The summed E-state index contributed by atoms with van der Waals surface area (Å²) in [5.74, 6) is 1.42. The Hall–Kier alpha value is -3.67. The van der Waals surface area contributed by atoms with Crippen LogP contribution in [0.5, 0.6) is 0 Å². The average Bonchev–Trinajstić information content (AvgIpc) is 3.43. The molecule has 0 radical (unpaired) electrons. The highest BCUT2D eigenvalue weighted by Crippen LogP contribution is 2.41. The van der Waals surface area contributed by atoms with Crippen LogP contribution in [0, 0.1) is 0 Å². The number of nitrogens with zero attached hydrogens (tertiary/aromatic N) is 4. The van der Waals surface area contributed by atoms with Gasteiger partial charge in [-0.05, 0) is 35.1 Å². The van der Waals surface area contributed by atoms with Crippen LogP contribution in [-0.4, -0.2) is 31.7 Å². The van der Waals surface area contributed by atoms with Crippen molar-refractivity contribution in [1.29, 1.82) is 0 Å². The molecule has 0 saturated heterocycles. The Morgan fingerprint density at radius 1 is 1.00 bits per heavy atom. The van der Waals surface area contributed by atoms with Gasteiger partial charge < -0.3 is 9.88 Å². The number of H-pyrrole nitrogens is 2. The highest BCUT2D eigenvalue weighted by atomic mass is 15.3. The van der Waals surface area contributed by atoms with Crippen LogP contribution in [-0.2, 0) is 6.42 Å². The van der Waals surface area contributed by atoms with Crippen molar-refractivity contribution in [2.45, 2.75) is 32.2 Å². The lowest BCUT2D eigenvalue weighted by atomic mass is 9.91. The molecule has 1 unspecified atom stereocenters. The Morgan fingerprint density at radius 2 is 1.84 bits per heavy atom. The molecule has 0 aliphatic carbocycles. The molecule has 3 aromatic heterocycles. The van der Waals surface area contributed by atoms with Gasteiger partial charge in [0.25, 0.3) is 0 Å². The lowest BCUT2D eigenvalue weighted by Crippen LogP contribution is -2.36. The van der Waals surface area contributed by atoms with Gasteiger partial charge in [-0.15, -0.1) is 0 Å². The number of anilines is 1. The van der Waals surface area contributed by atoms with Crippen LogP contribution in [0.3, 0.4) is 0 Å². The first-order valence-electron chi connectivity index (χ1n) is 10.8. The van der Waals surface area contributed by atoms with Gasteiger partial charge >= 0.3 is 0 Å². The second-order valence-corrected chi connectivity index (χ2v) is 8.56. The zero-order valence-electron chi connectivity index (χ0n) is 17.6. The highest BCUT2D eigenvalue weighted by molar-refractivity contribution is 5.89. The summed E-state index contributed by atoms with van der Waals surface area (Å²) >= 11 is 0. The normalized spacial score (nSPS) is 16.4. The Labute approximate surface area is 180 Å². The maximum atomic E-state index is 4.69. The summed E-state index contributed by atoms with van der Waals surface area (Å²) in [5, 5.41) is 9.45. The van der Waals surface area contributed by atoms with Crippen molar-refractivity contribution in [3.63, 3.8) is 0 Å². The molecule has 0 spiro atoms. The van der Waals surface area contributed by atoms with Gasteiger partial charge in [0.05, 0.1) is 17.6 Å². The van der Waals surface area contributed by atoms with Crippen molar-refractivity contribution in [3.05, 3.63) is 83.4 Å². The van der Waals surface area contributed by atoms with Crippen LogP contribution in [0.1, 0.15) is 48.2 Å². The van der Waals surface area contributed by atoms with Crippen LogP contribution in [0.25, 0.3) is 21.9 Å². The summed E-state index contributed by atoms with van der Waals surface area (Å²) in [7, 11) is 0. The summed E-state index contributed by atoms with van der Waals surface area (Å²) in [4.78, 5) is 15.2. The monoisotopic (exact) mass is 408 g/mol. The molecule has 1 aliphatic heterocycles. The Kier molecular flexibility index (Phi) is 4.06. The smallest absolute Gasteiger partial charge is 0.160 e. The van der Waals surface area contributed by atoms with E-state index in [1.807, 2.05) is 6.20 Å². The third-order valence-corrected chi connectivity index (χ3v) is 6.45. The molecule has 6 heteroatoms. The first-order valence-corrected chi connectivity index (χ1v) is 10.8. The molecule has 31 heavy (non-hydrogen) atoms. The Morgan fingerprint density at radius 3 is 2.68 bits per heavy atom. The van der Waals surface area contributed by atoms with Gasteiger partial charge in [0.15, 0.2) is 5.65 Å². The molecular formula is C25H24N6. The van der Waals surface area contributed by atoms with E-state index in [4.69, 9.17) is 4.98 Å². The largest absolute Gasteiger partial charge is 0.356 e. The summed E-state index contributed by atoms with van der Waals surface area (Å²) in [5.41, 5.74) is 7.22. The zero-order chi connectivity index (χ0) is 20.9. The summed E-state index contributed by atoms with van der Waals surface area (Å²) in [6.07, 6.45) is 4.41. The van der Waals surface area contributed by atoms with Gasteiger partial charge in [-0.1, -0.05) is 56.3 Å². The van der Waals surface area contributed by atoms with Crippen LogP contribution in [0.4, 0.5) is 5.82 Å². The van der Waals surface area contributed by atoms with Gasteiger partial charge in [0.2, 0.25) is 0 Å². The van der Waals surface area contributed by atoms with Gasteiger partial charge in [0, 0.05) is 23.1 Å². The average molecular weight is 409 g/mol. The molecule has 0 saturated carbocycles. The molecule has 1 atom stereocenters. The van der Waals surface area contributed by atoms with Crippen molar-refractivity contribution in [3.8, 4) is 0 Å². The third-order valence-electron chi connectivity index (χ3n) is 6.45. The van der Waals surface area contributed by atoms with E-state index in [0.29, 0.717) is 5.92 Å². The fraction of sp³-hybridized carbons (Fsp3) is 0.240. The molecule has 6 rings (SSSR count). The molecule has 6 nitrogen and oxygen atoms in total. The van der Waals surface area contributed by atoms with Crippen molar-refractivity contribution in [1.82, 2.24) is 25.1 Å². The molecule has 0 bridgehead atoms. The van der Waals surface area contributed by atoms with E-state index in [2.05, 4.69) is 87.4 Å². The lowest BCUT2D eigenvalue weighted by Gasteiger charge is -2.37. The van der Waals surface area contributed by atoms with E-state index < -0.39 is 0 Å². The summed E-state index contributed by atoms with van der Waals surface area (Å²) < 4.78 is 0. The molecule has 0 fully saturated rings. The van der Waals surface area contributed by atoms with Gasteiger partial charge in [-0.2, -0.15) is 5.10 Å². The minimum atomic E-state index is 0.0466. The van der Waals surface area contributed by atoms with Crippen molar-refractivity contribution in [2.75, 3.05) is 11.4 Å². The van der Waals surface area contributed by atoms with Gasteiger partial charge in [0.1, 0.15) is 12.1 Å². The van der Waals surface area contributed by atoms with E-state index in [-0.39, 0.29) is 6.04 Å². The van der Waals surface area contributed by atoms with Gasteiger partial charge in [-0.25, -0.2) is 9.97 Å². The number of nitrogens with one attached hydrogen (secondary N) is 2. The molecular weight excluding hydrogens is 384 g/mol. The maximum Gasteiger partial charge on any atom is 0.160 e. The SMILES string of the molecule is CC(C)c1ccc(C2c3[nH]c4ccccc4c3CCN2c2ncnc3[nH]ncc23)cc1. The molecule has 1 aliphatic rings. The van der Waals surface area contributed by atoms with E-state index >= 15 is 0 Å². The number of aromatic amines is 2. The molecule has 2 N–H and O–H groups in total. The van der Waals surface area contributed by atoms with Crippen LogP contribution in [0.2, 0.25) is 0 Å². The quantitative estimate of drug-likeness (QED) is 0.435. The summed E-state index contributed by atoms with van der Waals surface area (Å²) in [6.45, 7) is 5.34. The van der Waals surface area contributed by atoms with Crippen molar-refractivity contribution in [2.24, 2.45) is 0 Å². The number of aromatic nitrogens is 5. The Balaban J connectivity index is 1.56. The standard InChI is InChI=1S/C25H24N6/c1-15(2)16-7-9-17(10-8-16)23-22-19(18-5-3-4-6-21(18)29-22)11-12-31(23)25-20-13-28-30-24(20)26-14-27-25/h3-10,13-15,23,29H,11-12H2,1-2H3,(H,26,27,28,30). The molecule has 4 heterocycles. The lowest BCUT2D eigenvalue weighted by molar-refractivity contribution is 0.637. The van der Waals surface area contributed by atoms with E-state index in [9.17, 15) is 0 Å². The zero-order valence-corrected chi connectivity index (χ0v) is 17.6. The fourth-order valence-electron chi connectivity index (χ4n) is 4.86. The number of para-hydroxylation sites is 1. The number of fused-ring (bicyclic) bond motifs is 4. The third kappa shape index (κ3) is 2.82. The predicted octanol–water partition coefficient (Wildman–Crippen LogP) is 5.11. The minimum Gasteiger partial charge on any atom is -0.356 e. The molecule has 5 aromatic rings. The molecule has 0 amide bonds. The maximum absolute atomic E-state index is 4.69. The summed E-state index contributed by atoms with van der Waals surface area (Å²) in [6, 6.07) is 17.7. The number of rotatable bonds is 3. The number of hydrogen-bond acceptors (Lipinski definition) is 4. The number of benzene rings is 2. The second-order valence-electron chi connectivity index (χ2n) is 8.56. The topological polar surface area (TPSA) is 73.5 Å².